The van der Waals surface area contributed by atoms with Crippen molar-refractivity contribution in [3.63, 3.8) is 0 Å². The molecule has 0 fully saturated rings. The van der Waals surface area contributed by atoms with Crippen molar-refractivity contribution in [1.29, 1.82) is 0 Å². The summed E-state index contributed by atoms with van der Waals surface area (Å²) < 4.78 is 17.5. The number of carbonyl (C=O) groups is 3. The molecule has 0 saturated carbocycles. The second-order valence-corrected chi connectivity index (χ2v) is 17.8. The summed E-state index contributed by atoms with van der Waals surface area (Å²) in [5, 5.41) is 0. The second kappa shape index (κ2) is 38.7. The van der Waals surface area contributed by atoms with E-state index in [0.29, 0.717) is 0 Å². The maximum Gasteiger partial charge on any atom is 0.410 e. The second-order valence-electron chi connectivity index (χ2n) is 17.8. The highest BCUT2D eigenvalue weighted by Crippen LogP contribution is 2.23. The van der Waals surface area contributed by atoms with Gasteiger partial charge in [-0.15, -0.1) is 0 Å². The summed E-state index contributed by atoms with van der Waals surface area (Å²) in [6.07, 6.45) is 37.3. The zero-order valence-corrected chi connectivity index (χ0v) is 38.5. The Bertz CT molecular complexity index is 808. The van der Waals surface area contributed by atoms with E-state index in [9.17, 15) is 14.4 Å². The first kappa shape index (κ1) is 54.2. The summed E-state index contributed by atoms with van der Waals surface area (Å²) in [5.74, 6) is -0.476. The van der Waals surface area contributed by atoms with Gasteiger partial charge in [0.1, 0.15) is 18.8 Å². The third-order valence-corrected chi connectivity index (χ3v) is 11.2. The molecule has 0 aliphatic rings. The van der Waals surface area contributed by atoms with Crippen LogP contribution in [0.1, 0.15) is 254 Å². The Morgan fingerprint density at radius 2 is 0.661 bits per heavy atom. The van der Waals surface area contributed by atoms with Crippen molar-refractivity contribution in [2.75, 3.05) is 26.3 Å². The van der Waals surface area contributed by atoms with Gasteiger partial charge in [-0.3, -0.25) is 9.59 Å². The smallest absolute Gasteiger partial charge is 0.410 e. The summed E-state index contributed by atoms with van der Waals surface area (Å²) in [6, 6.07) is 0. The molecule has 0 N–H and O–H groups in total. The summed E-state index contributed by atoms with van der Waals surface area (Å²) in [7, 11) is 0. The van der Waals surface area contributed by atoms with Crippen LogP contribution >= 0.6 is 0 Å². The van der Waals surface area contributed by atoms with Gasteiger partial charge in [0.15, 0.2) is 0 Å². The van der Waals surface area contributed by atoms with Crippen LogP contribution in [0.15, 0.2) is 0 Å². The minimum absolute atomic E-state index is 0.0955. The third-order valence-electron chi connectivity index (χ3n) is 11.2. The van der Waals surface area contributed by atoms with Crippen LogP contribution in [0.5, 0.6) is 0 Å². The van der Waals surface area contributed by atoms with E-state index in [4.69, 9.17) is 14.2 Å². The lowest BCUT2D eigenvalue weighted by Crippen LogP contribution is -2.41. The van der Waals surface area contributed by atoms with E-state index in [-0.39, 0.29) is 50.1 Å². The van der Waals surface area contributed by atoms with E-state index >= 15 is 0 Å². The largest absolute Gasteiger partial charge is 0.464 e. The molecule has 56 heavy (non-hydrogen) atoms. The van der Waals surface area contributed by atoms with Gasteiger partial charge in [-0.2, -0.15) is 0 Å². The van der Waals surface area contributed by atoms with Crippen molar-refractivity contribution in [1.82, 2.24) is 4.90 Å². The number of ether oxygens (including phenoxy) is 3. The number of hydrogen-bond acceptors (Lipinski definition) is 6. The van der Waals surface area contributed by atoms with Crippen molar-refractivity contribution in [3.8, 4) is 0 Å². The van der Waals surface area contributed by atoms with Crippen molar-refractivity contribution >= 4 is 18.0 Å². The Morgan fingerprint density at radius 1 is 0.411 bits per heavy atom. The van der Waals surface area contributed by atoms with Gasteiger partial charge in [-0.1, -0.05) is 207 Å². The molecule has 0 aliphatic heterocycles. The van der Waals surface area contributed by atoms with E-state index in [1.165, 1.54) is 133 Å². The molecule has 0 bridgehead atoms. The molecule has 7 heteroatoms. The molecule has 0 aromatic heterocycles. The first-order valence-electron chi connectivity index (χ1n) is 24.4. The summed E-state index contributed by atoms with van der Waals surface area (Å²) in [4.78, 5) is 41.7. The SMILES string of the molecule is CCCCCCCCCC(CCCCCCCCC)C(=O)OCCN(CCOC(=O)C(CCCCCCCCC)CCCCCCCCC)C(=O)OC(C)(C)C. The zero-order valence-electron chi connectivity index (χ0n) is 38.5. The first-order chi connectivity index (χ1) is 27.1. The van der Waals surface area contributed by atoms with Gasteiger partial charge in [0, 0.05) is 0 Å². The maximum atomic E-state index is 13.4. The maximum absolute atomic E-state index is 13.4. The Balaban J connectivity index is 5.25. The number of nitrogens with zero attached hydrogens (tertiary/aromatic N) is 1. The minimum atomic E-state index is -0.668. The summed E-state index contributed by atoms with van der Waals surface area (Å²) in [5.41, 5.74) is -0.668. The van der Waals surface area contributed by atoms with Crippen LogP contribution in [0.3, 0.4) is 0 Å². The Hall–Kier alpha value is -1.79. The number of unbranched alkanes of at least 4 members (excludes halogenated alkanes) is 24. The Morgan fingerprint density at radius 3 is 0.911 bits per heavy atom. The lowest BCUT2D eigenvalue weighted by molar-refractivity contribution is -0.150. The Kier molecular flexibility index (Phi) is 37.5. The molecule has 0 aromatic rings. The number of rotatable bonds is 40. The van der Waals surface area contributed by atoms with Crippen LogP contribution in [0.4, 0.5) is 4.79 Å². The third kappa shape index (κ3) is 34.3. The van der Waals surface area contributed by atoms with Gasteiger partial charge >= 0.3 is 18.0 Å². The highest BCUT2D eigenvalue weighted by molar-refractivity contribution is 5.73. The van der Waals surface area contributed by atoms with Crippen LogP contribution in [-0.4, -0.2) is 54.8 Å². The molecule has 0 spiro atoms. The van der Waals surface area contributed by atoms with E-state index in [1.807, 2.05) is 20.8 Å². The van der Waals surface area contributed by atoms with Gasteiger partial charge in [-0.05, 0) is 46.5 Å². The molecule has 0 atom stereocenters. The number of hydrogen-bond donors (Lipinski definition) is 0. The van der Waals surface area contributed by atoms with Gasteiger partial charge in [0.25, 0.3) is 0 Å². The van der Waals surface area contributed by atoms with Crippen LogP contribution in [0, 0.1) is 11.8 Å². The number of esters is 2. The van der Waals surface area contributed by atoms with Crippen LogP contribution in [0.2, 0.25) is 0 Å². The van der Waals surface area contributed by atoms with Gasteiger partial charge in [0.2, 0.25) is 0 Å². The highest BCUT2D eigenvalue weighted by Gasteiger charge is 2.25. The summed E-state index contributed by atoms with van der Waals surface area (Å²) in [6.45, 7) is 15.1. The van der Waals surface area contributed by atoms with Crippen molar-refractivity contribution in [2.45, 2.75) is 260 Å². The van der Waals surface area contributed by atoms with Crippen molar-refractivity contribution < 1.29 is 28.6 Å². The standard InChI is InChI=1S/C49H95NO6/c1-8-12-16-20-24-28-32-36-44(37-33-29-25-21-17-13-9-2)46(51)54-42-40-50(48(53)56-49(5,6)7)41-43-55-47(52)45(38-34-30-26-22-18-14-10-3)39-35-31-27-23-19-15-11-4/h44-45H,8-43H2,1-7H3. The molecule has 0 unspecified atom stereocenters. The van der Waals surface area contributed by atoms with Gasteiger partial charge in [-0.25, -0.2) is 4.79 Å². The van der Waals surface area contributed by atoms with E-state index in [2.05, 4.69) is 27.7 Å². The first-order valence-corrected chi connectivity index (χ1v) is 24.4. The van der Waals surface area contributed by atoms with Crippen LogP contribution in [-0.2, 0) is 23.8 Å². The molecule has 0 radical (unpaired) electrons. The predicted octanol–water partition coefficient (Wildman–Crippen LogP) is 15.1. The zero-order chi connectivity index (χ0) is 41.5. The van der Waals surface area contributed by atoms with Crippen LogP contribution < -0.4 is 0 Å². The van der Waals surface area contributed by atoms with E-state index < -0.39 is 11.7 Å². The minimum Gasteiger partial charge on any atom is -0.464 e. The molecule has 0 heterocycles. The molecule has 0 aromatic carbocycles. The van der Waals surface area contributed by atoms with E-state index in [1.54, 1.807) is 0 Å². The molecule has 332 valence electrons. The lowest BCUT2D eigenvalue weighted by Gasteiger charge is -2.27. The monoisotopic (exact) mass is 794 g/mol. The molecular weight excluding hydrogens is 699 g/mol. The highest BCUT2D eigenvalue weighted by atomic mass is 16.6. The lowest BCUT2D eigenvalue weighted by atomic mass is 9.94. The molecular formula is C49H95NO6. The quantitative estimate of drug-likeness (QED) is 0.0349. The van der Waals surface area contributed by atoms with E-state index in [0.717, 1.165) is 77.0 Å². The topological polar surface area (TPSA) is 82.1 Å². The number of amides is 1. The molecule has 1 amide bonds. The fourth-order valence-electron chi connectivity index (χ4n) is 7.52. The van der Waals surface area contributed by atoms with Crippen molar-refractivity contribution in [2.24, 2.45) is 11.8 Å². The number of carbonyl (C=O) groups excluding carboxylic acids is 3. The van der Waals surface area contributed by atoms with Crippen molar-refractivity contribution in [3.05, 3.63) is 0 Å². The Labute approximate surface area is 348 Å². The van der Waals surface area contributed by atoms with Gasteiger partial charge < -0.3 is 19.1 Å². The average Bonchev–Trinajstić information content (AvgIpc) is 3.16. The van der Waals surface area contributed by atoms with Crippen LogP contribution in [0.25, 0.3) is 0 Å². The molecule has 0 rings (SSSR count). The molecule has 0 saturated heterocycles. The predicted molar refractivity (Wildman–Crippen MR) is 237 cm³/mol. The fraction of sp³-hybridized carbons (Fsp3) is 0.939. The average molecular weight is 794 g/mol. The fourth-order valence-corrected chi connectivity index (χ4v) is 7.52. The van der Waals surface area contributed by atoms with Gasteiger partial charge in [0.05, 0.1) is 24.9 Å². The molecule has 0 aliphatic carbocycles. The summed E-state index contributed by atoms with van der Waals surface area (Å²) >= 11 is 0. The normalized spacial score (nSPS) is 11.7. The molecule has 7 nitrogen and oxygen atoms in total.